The number of sulfonamides is 1. The minimum absolute atomic E-state index is 0.00807. The van der Waals surface area contributed by atoms with Crippen LogP contribution in [0.25, 0.3) is 5.69 Å². The predicted molar refractivity (Wildman–Crippen MR) is 126 cm³/mol. The molecule has 1 N–H and O–H groups in total. The highest BCUT2D eigenvalue weighted by atomic mass is 35.5. The van der Waals surface area contributed by atoms with Gasteiger partial charge in [0.15, 0.2) is 0 Å². The highest BCUT2D eigenvalue weighted by Gasteiger charge is 2.25. The second kappa shape index (κ2) is 10.0. The molecule has 1 heterocycles. The van der Waals surface area contributed by atoms with Crippen molar-refractivity contribution >= 4 is 27.5 Å². The fraction of sp³-hybridized carbons (Fsp3) is 0.304. The van der Waals surface area contributed by atoms with Gasteiger partial charge in [-0.3, -0.25) is 4.79 Å². The normalized spacial score (nSPS) is 12.7. The third kappa shape index (κ3) is 5.10. The van der Waals surface area contributed by atoms with Crippen molar-refractivity contribution in [3.8, 4) is 5.69 Å². The zero-order chi connectivity index (χ0) is 24.3. The van der Waals surface area contributed by atoms with Crippen molar-refractivity contribution in [1.82, 2.24) is 19.4 Å². The van der Waals surface area contributed by atoms with Crippen molar-refractivity contribution in [2.75, 3.05) is 13.1 Å². The molecule has 3 aromatic rings. The average Bonchev–Trinajstić information content (AvgIpc) is 3.16. The molecule has 0 fully saturated rings. The van der Waals surface area contributed by atoms with E-state index in [1.54, 1.807) is 43.8 Å². The summed E-state index contributed by atoms with van der Waals surface area (Å²) in [5, 5.41) is 7.36. The van der Waals surface area contributed by atoms with Gasteiger partial charge >= 0.3 is 0 Å². The molecule has 0 spiro atoms. The lowest BCUT2D eigenvalue weighted by Gasteiger charge is -2.19. The van der Waals surface area contributed by atoms with Crippen molar-refractivity contribution in [3.05, 3.63) is 76.3 Å². The lowest BCUT2D eigenvalue weighted by atomic mass is 10.1. The fourth-order valence-electron chi connectivity index (χ4n) is 3.59. The molecule has 10 heteroatoms. The monoisotopic (exact) mass is 492 g/mol. The van der Waals surface area contributed by atoms with Crippen LogP contribution in [-0.2, 0) is 10.0 Å². The van der Waals surface area contributed by atoms with Gasteiger partial charge in [-0.2, -0.15) is 9.40 Å². The van der Waals surface area contributed by atoms with E-state index in [9.17, 15) is 17.6 Å². The molecule has 1 atom stereocenters. The number of carbonyl (C=O) groups excluding carboxylic acids is 1. The van der Waals surface area contributed by atoms with Crippen LogP contribution in [0.1, 0.15) is 48.4 Å². The third-order valence-electron chi connectivity index (χ3n) is 5.46. The maximum Gasteiger partial charge on any atom is 0.253 e. The second-order valence-corrected chi connectivity index (χ2v) is 9.84. The Morgan fingerprint density at radius 2 is 1.82 bits per heavy atom. The van der Waals surface area contributed by atoms with Gasteiger partial charge in [0, 0.05) is 24.3 Å². The molecule has 176 valence electrons. The van der Waals surface area contributed by atoms with Crippen LogP contribution in [0.4, 0.5) is 4.39 Å². The third-order valence-corrected chi connectivity index (χ3v) is 7.83. The Labute approximate surface area is 198 Å². The van der Waals surface area contributed by atoms with Crippen molar-refractivity contribution < 1.29 is 17.6 Å². The van der Waals surface area contributed by atoms with Gasteiger partial charge in [-0.25, -0.2) is 17.5 Å². The van der Waals surface area contributed by atoms with E-state index in [0.717, 1.165) is 11.3 Å². The second-order valence-electron chi connectivity index (χ2n) is 7.50. The Balaban J connectivity index is 1.85. The van der Waals surface area contributed by atoms with E-state index < -0.39 is 22.0 Å². The molecule has 1 aromatic heterocycles. The summed E-state index contributed by atoms with van der Waals surface area (Å²) in [6.07, 6.45) is 1.63. The van der Waals surface area contributed by atoms with Gasteiger partial charge < -0.3 is 5.32 Å². The van der Waals surface area contributed by atoms with Crippen LogP contribution in [0.5, 0.6) is 0 Å². The maximum atomic E-state index is 13.2. The van der Waals surface area contributed by atoms with Crippen LogP contribution in [0.15, 0.2) is 53.6 Å². The van der Waals surface area contributed by atoms with E-state index >= 15 is 0 Å². The molecule has 0 aliphatic heterocycles. The van der Waals surface area contributed by atoms with Crippen molar-refractivity contribution in [2.45, 2.75) is 38.6 Å². The molecule has 7 nitrogen and oxygen atoms in total. The van der Waals surface area contributed by atoms with Crippen LogP contribution >= 0.6 is 11.6 Å². The molecule has 0 aliphatic rings. The summed E-state index contributed by atoms with van der Waals surface area (Å²) < 4.78 is 41.9. The van der Waals surface area contributed by atoms with E-state index in [0.29, 0.717) is 18.8 Å². The lowest BCUT2D eigenvalue weighted by molar-refractivity contribution is 0.0939. The largest absolute Gasteiger partial charge is 0.345 e. The zero-order valence-corrected chi connectivity index (χ0v) is 20.4. The Kier molecular flexibility index (Phi) is 7.56. The number of amides is 1. The first-order chi connectivity index (χ1) is 15.6. The number of hydrogen-bond acceptors (Lipinski definition) is 4. The van der Waals surface area contributed by atoms with Crippen LogP contribution < -0.4 is 5.32 Å². The molecule has 0 aliphatic carbocycles. The summed E-state index contributed by atoms with van der Waals surface area (Å²) in [7, 11) is -3.74. The highest BCUT2D eigenvalue weighted by Crippen LogP contribution is 2.25. The summed E-state index contributed by atoms with van der Waals surface area (Å²) >= 11 is 6.23. The number of rotatable bonds is 8. The smallest absolute Gasteiger partial charge is 0.253 e. The van der Waals surface area contributed by atoms with Crippen molar-refractivity contribution in [2.24, 2.45) is 0 Å². The number of nitrogens with zero attached hydrogens (tertiary/aromatic N) is 3. The van der Waals surface area contributed by atoms with Gasteiger partial charge in [0.05, 0.1) is 33.4 Å². The van der Waals surface area contributed by atoms with Gasteiger partial charge in [0.25, 0.3) is 5.91 Å². The Hall–Kier alpha value is -2.75. The molecule has 3 rings (SSSR count). The van der Waals surface area contributed by atoms with Gasteiger partial charge in [0.1, 0.15) is 5.82 Å². The standard InChI is InChI=1S/C23H26ClFN4O3S/c1-5-28(6-2)33(31,32)19-11-12-22(24)20(13-19)23(30)27-15(3)21-14-26-29(16(21)4)18-9-7-17(25)8-10-18/h7-15H,5-6H2,1-4H3,(H,27,30). The van der Waals surface area contributed by atoms with Crippen molar-refractivity contribution in [1.29, 1.82) is 0 Å². The minimum Gasteiger partial charge on any atom is -0.345 e. The first kappa shape index (κ1) is 24.9. The van der Waals surface area contributed by atoms with Crippen LogP contribution in [-0.4, -0.2) is 41.5 Å². The number of halogens is 2. The van der Waals surface area contributed by atoms with Gasteiger partial charge in [0.2, 0.25) is 10.0 Å². The first-order valence-corrected chi connectivity index (χ1v) is 12.3. The van der Waals surface area contributed by atoms with Gasteiger partial charge in [-0.15, -0.1) is 0 Å². The van der Waals surface area contributed by atoms with Gasteiger partial charge in [-0.05, 0) is 56.3 Å². The summed E-state index contributed by atoms with van der Waals surface area (Å²) in [6.45, 7) is 7.77. The fourth-order valence-corrected chi connectivity index (χ4v) is 5.28. The topological polar surface area (TPSA) is 84.3 Å². The molecule has 0 saturated carbocycles. The molecule has 33 heavy (non-hydrogen) atoms. The zero-order valence-electron chi connectivity index (χ0n) is 18.8. The number of nitrogens with one attached hydrogen (secondary N) is 1. The SMILES string of the molecule is CCN(CC)S(=O)(=O)c1ccc(Cl)c(C(=O)NC(C)c2cnn(-c3ccc(F)cc3)c2C)c1. The Bertz CT molecular complexity index is 1260. The summed E-state index contributed by atoms with van der Waals surface area (Å²) in [5.41, 5.74) is 2.30. The molecule has 0 saturated heterocycles. The first-order valence-electron chi connectivity index (χ1n) is 10.5. The molecule has 0 radical (unpaired) electrons. The number of benzene rings is 2. The number of hydrogen-bond donors (Lipinski definition) is 1. The predicted octanol–water partition coefficient (Wildman–Crippen LogP) is 4.49. The maximum absolute atomic E-state index is 13.2. The molecular weight excluding hydrogens is 467 g/mol. The molecule has 0 bridgehead atoms. The van der Waals surface area contributed by atoms with E-state index in [2.05, 4.69) is 10.4 Å². The molecule has 1 unspecified atom stereocenters. The van der Waals surface area contributed by atoms with E-state index in [4.69, 9.17) is 11.6 Å². The lowest BCUT2D eigenvalue weighted by Crippen LogP contribution is -2.31. The van der Waals surface area contributed by atoms with E-state index in [1.807, 2.05) is 6.92 Å². The Morgan fingerprint density at radius 1 is 1.18 bits per heavy atom. The van der Waals surface area contributed by atoms with Crippen LogP contribution in [0.2, 0.25) is 5.02 Å². The minimum atomic E-state index is -3.74. The quantitative estimate of drug-likeness (QED) is 0.502. The molecule has 2 aromatic carbocycles. The van der Waals surface area contributed by atoms with E-state index in [-0.39, 0.29) is 21.3 Å². The van der Waals surface area contributed by atoms with E-state index in [1.165, 1.54) is 34.6 Å². The number of carbonyl (C=O) groups is 1. The summed E-state index contributed by atoms with van der Waals surface area (Å²) in [5.74, 6) is -0.843. The summed E-state index contributed by atoms with van der Waals surface area (Å²) in [6, 6.07) is 9.60. The molecular formula is C23H26ClFN4O3S. The van der Waals surface area contributed by atoms with Gasteiger partial charge in [-0.1, -0.05) is 25.4 Å². The Morgan fingerprint density at radius 3 is 2.42 bits per heavy atom. The van der Waals surface area contributed by atoms with Crippen LogP contribution in [0, 0.1) is 12.7 Å². The van der Waals surface area contributed by atoms with Crippen LogP contribution in [0.3, 0.4) is 0 Å². The van der Waals surface area contributed by atoms with Crippen molar-refractivity contribution in [3.63, 3.8) is 0 Å². The highest BCUT2D eigenvalue weighted by molar-refractivity contribution is 7.89. The molecule has 1 amide bonds. The number of aromatic nitrogens is 2. The average molecular weight is 493 g/mol. The summed E-state index contributed by atoms with van der Waals surface area (Å²) in [4.78, 5) is 13.0.